The van der Waals surface area contributed by atoms with Crippen LogP contribution in [0.3, 0.4) is 0 Å². The van der Waals surface area contributed by atoms with Gasteiger partial charge in [0.1, 0.15) is 5.82 Å². The molecule has 0 aliphatic heterocycles. The molecule has 0 atom stereocenters. The lowest BCUT2D eigenvalue weighted by Crippen LogP contribution is -2.23. The topological polar surface area (TPSA) is 92.9 Å². The average molecular weight is 326 g/mol. The number of carboxylic acid groups (broad SMARTS) is 1. The van der Waals surface area contributed by atoms with Crippen molar-refractivity contribution in [3.8, 4) is 11.4 Å². The minimum absolute atomic E-state index is 0.125. The molecule has 2 N–H and O–H groups in total. The van der Waals surface area contributed by atoms with E-state index in [1.54, 1.807) is 17.1 Å². The van der Waals surface area contributed by atoms with Gasteiger partial charge < -0.3 is 10.4 Å². The van der Waals surface area contributed by atoms with Gasteiger partial charge in [-0.05, 0) is 12.1 Å². The lowest BCUT2D eigenvalue weighted by atomic mass is 10.2. The minimum atomic E-state index is -1.08. The molecule has 0 bridgehead atoms. The number of nitrogens with zero attached hydrogens (tertiary/aromatic N) is 4. The molecular weight excluding hydrogens is 314 g/mol. The van der Waals surface area contributed by atoms with Crippen molar-refractivity contribution in [1.82, 2.24) is 25.1 Å². The van der Waals surface area contributed by atoms with E-state index in [9.17, 15) is 4.79 Å². The minimum Gasteiger partial charge on any atom is -0.465 e. The molecule has 100 valence electrons. The normalized spacial score (nSPS) is 10.4. The maximum absolute atomic E-state index is 10.5. The van der Waals surface area contributed by atoms with Crippen LogP contribution in [0, 0.1) is 0 Å². The van der Waals surface area contributed by atoms with Crippen LogP contribution >= 0.6 is 15.9 Å². The quantitative estimate of drug-likeness (QED) is 0.812. The predicted molar refractivity (Wildman–Crippen MR) is 71.9 cm³/mol. The molecule has 0 unspecified atom stereocenters. The summed E-state index contributed by atoms with van der Waals surface area (Å²) in [6, 6.07) is 3.62. The van der Waals surface area contributed by atoms with E-state index in [4.69, 9.17) is 5.11 Å². The van der Waals surface area contributed by atoms with Crippen molar-refractivity contribution in [3.05, 3.63) is 30.4 Å². The van der Waals surface area contributed by atoms with E-state index >= 15 is 0 Å². The highest BCUT2D eigenvalue weighted by molar-refractivity contribution is 9.09. The molecule has 2 aromatic heterocycles. The monoisotopic (exact) mass is 325 g/mol. The van der Waals surface area contributed by atoms with Gasteiger partial charge >= 0.3 is 6.09 Å². The largest absolute Gasteiger partial charge is 0.465 e. The second-order valence-electron chi connectivity index (χ2n) is 3.66. The fourth-order valence-electron chi connectivity index (χ4n) is 1.54. The number of pyridine rings is 1. The van der Waals surface area contributed by atoms with Crippen LogP contribution in [0.1, 0.15) is 5.82 Å². The summed E-state index contributed by atoms with van der Waals surface area (Å²) in [6.45, 7) is 0.745. The van der Waals surface area contributed by atoms with E-state index in [1.807, 2.05) is 12.1 Å². The highest BCUT2D eigenvalue weighted by Crippen LogP contribution is 2.14. The summed E-state index contributed by atoms with van der Waals surface area (Å²) in [5.41, 5.74) is 0.847. The summed E-state index contributed by atoms with van der Waals surface area (Å²) >= 11 is 3.33. The van der Waals surface area contributed by atoms with Crippen LogP contribution in [0.15, 0.2) is 24.5 Å². The first-order valence-electron chi connectivity index (χ1n) is 5.57. The third kappa shape index (κ3) is 3.50. The van der Waals surface area contributed by atoms with E-state index in [0.717, 1.165) is 5.56 Å². The molecule has 0 saturated carbocycles. The van der Waals surface area contributed by atoms with Gasteiger partial charge in [-0.1, -0.05) is 15.9 Å². The van der Waals surface area contributed by atoms with Crippen LogP contribution in [0.4, 0.5) is 4.79 Å². The molecule has 7 nitrogen and oxygen atoms in total. The Kier molecular flexibility index (Phi) is 4.45. The SMILES string of the molecule is O=C(O)NCc1nc(-c2ccncc2)nn1CCBr. The first kappa shape index (κ1) is 13.5. The van der Waals surface area contributed by atoms with Crippen LogP contribution in [0.25, 0.3) is 11.4 Å². The van der Waals surface area contributed by atoms with Crippen LogP contribution < -0.4 is 5.32 Å². The summed E-state index contributed by atoms with van der Waals surface area (Å²) in [6.07, 6.45) is 2.24. The maximum Gasteiger partial charge on any atom is 0.405 e. The van der Waals surface area contributed by atoms with Crippen LogP contribution in [-0.4, -0.2) is 36.3 Å². The zero-order valence-electron chi connectivity index (χ0n) is 9.95. The maximum atomic E-state index is 10.5. The number of hydrogen-bond acceptors (Lipinski definition) is 4. The van der Waals surface area contributed by atoms with E-state index in [0.29, 0.717) is 23.5 Å². The molecule has 0 fully saturated rings. The molecule has 0 aromatic carbocycles. The number of nitrogens with one attached hydrogen (secondary N) is 1. The summed E-state index contributed by atoms with van der Waals surface area (Å²) in [4.78, 5) is 18.8. The van der Waals surface area contributed by atoms with Gasteiger partial charge in [0.2, 0.25) is 0 Å². The third-order valence-corrected chi connectivity index (χ3v) is 2.74. The Morgan fingerprint density at radius 2 is 2.16 bits per heavy atom. The zero-order valence-corrected chi connectivity index (χ0v) is 11.5. The molecule has 2 aromatic rings. The Labute approximate surface area is 117 Å². The Bertz CT molecular complexity index is 557. The molecule has 0 aliphatic carbocycles. The van der Waals surface area contributed by atoms with Crippen molar-refractivity contribution >= 4 is 22.0 Å². The van der Waals surface area contributed by atoms with Crippen molar-refractivity contribution < 1.29 is 9.90 Å². The molecule has 1 amide bonds. The van der Waals surface area contributed by atoms with Gasteiger partial charge in [-0.25, -0.2) is 14.5 Å². The van der Waals surface area contributed by atoms with Crippen molar-refractivity contribution in [2.45, 2.75) is 13.1 Å². The summed E-state index contributed by atoms with van der Waals surface area (Å²) in [5.74, 6) is 1.14. The molecule has 19 heavy (non-hydrogen) atoms. The molecule has 0 radical (unpaired) electrons. The van der Waals surface area contributed by atoms with Gasteiger partial charge in [-0.3, -0.25) is 4.98 Å². The molecule has 2 rings (SSSR count). The lowest BCUT2D eigenvalue weighted by Gasteiger charge is -2.02. The van der Waals surface area contributed by atoms with Crippen LogP contribution in [0.5, 0.6) is 0 Å². The highest BCUT2D eigenvalue weighted by Gasteiger charge is 2.11. The molecular formula is C11H12BrN5O2. The van der Waals surface area contributed by atoms with Gasteiger partial charge in [-0.2, -0.15) is 5.10 Å². The molecule has 0 saturated heterocycles. The third-order valence-electron chi connectivity index (χ3n) is 2.38. The van der Waals surface area contributed by atoms with Crippen LogP contribution in [-0.2, 0) is 13.1 Å². The Morgan fingerprint density at radius 1 is 1.42 bits per heavy atom. The second kappa shape index (κ2) is 6.28. The number of aryl methyl sites for hydroxylation is 1. The van der Waals surface area contributed by atoms with Crippen molar-refractivity contribution in [1.29, 1.82) is 0 Å². The first-order valence-corrected chi connectivity index (χ1v) is 6.69. The van der Waals surface area contributed by atoms with E-state index in [1.165, 1.54) is 0 Å². The van der Waals surface area contributed by atoms with E-state index in [2.05, 4.69) is 36.3 Å². The van der Waals surface area contributed by atoms with Crippen molar-refractivity contribution in [2.24, 2.45) is 0 Å². The Balaban J connectivity index is 2.26. The smallest absolute Gasteiger partial charge is 0.405 e. The highest BCUT2D eigenvalue weighted by atomic mass is 79.9. The van der Waals surface area contributed by atoms with Gasteiger partial charge in [0.15, 0.2) is 5.82 Å². The average Bonchev–Trinajstić information content (AvgIpc) is 2.81. The first-order chi connectivity index (χ1) is 9.20. The van der Waals surface area contributed by atoms with Crippen molar-refractivity contribution in [3.63, 3.8) is 0 Å². The second-order valence-corrected chi connectivity index (χ2v) is 4.45. The summed E-state index contributed by atoms with van der Waals surface area (Å²) in [7, 11) is 0. The standard InChI is InChI=1S/C11H12BrN5O2/c12-3-6-17-9(7-14-11(18)19)15-10(16-17)8-1-4-13-5-2-8/h1-2,4-5,14H,3,6-7H2,(H,18,19). The number of aromatic nitrogens is 4. The molecule has 2 heterocycles. The van der Waals surface area contributed by atoms with Crippen molar-refractivity contribution in [2.75, 3.05) is 5.33 Å². The number of hydrogen-bond donors (Lipinski definition) is 2. The lowest BCUT2D eigenvalue weighted by molar-refractivity contribution is 0.193. The molecule has 0 aliphatic rings. The molecule has 8 heteroatoms. The van der Waals surface area contributed by atoms with Gasteiger partial charge in [0.25, 0.3) is 0 Å². The van der Waals surface area contributed by atoms with Crippen LogP contribution in [0.2, 0.25) is 0 Å². The van der Waals surface area contributed by atoms with E-state index in [-0.39, 0.29) is 6.54 Å². The molecule has 0 spiro atoms. The number of rotatable bonds is 5. The predicted octanol–water partition coefficient (Wildman–Crippen LogP) is 1.50. The number of carbonyl (C=O) groups is 1. The van der Waals surface area contributed by atoms with Gasteiger partial charge in [-0.15, -0.1) is 0 Å². The number of alkyl halides is 1. The fourth-order valence-corrected chi connectivity index (χ4v) is 1.88. The Hall–Kier alpha value is -1.96. The van der Waals surface area contributed by atoms with E-state index < -0.39 is 6.09 Å². The van der Waals surface area contributed by atoms with Gasteiger partial charge in [0, 0.05) is 23.3 Å². The Morgan fingerprint density at radius 3 is 2.79 bits per heavy atom. The zero-order chi connectivity index (χ0) is 13.7. The summed E-state index contributed by atoms with van der Waals surface area (Å²) in [5, 5.41) is 16.0. The number of amides is 1. The number of halogens is 1. The summed E-state index contributed by atoms with van der Waals surface area (Å²) < 4.78 is 1.68. The fraction of sp³-hybridized carbons (Fsp3) is 0.273. The van der Waals surface area contributed by atoms with Gasteiger partial charge in [0.05, 0.1) is 13.1 Å².